The number of rotatable bonds is 7. The highest BCUT2D eigenvalue weighted by molar-refractivity contribution is 7.99. The standard InChI is InChI=1S/C23H33NO9S/c1-11(18-15(28)8-23(5,6)9-16(18)29)24-19-21(32-14(4)27)20(31-13(3)26)17(10-30-12(2)25)33-22(19)34-7/h17,19-22,24H,8-10H2,1-7H3/t17-,19-,20-,21-,22+/m1/s1. The lowest BCUT2D eigenvalue weighted by atomic mass is 9.73. The summed E-state index contributed by atoms with van der Waals surface area (Å²) in [7, 11) is 0. The Labute approximate surface area is 203 Å². The Morgan fingerprint density at radius 2 is 1.50 bits per heavy atom. The number of allylic oxidation sites excluding steroid dienone is 2. The van der Waals surface area contributed by atoms with E-state index in [0.717, 1.165) is 0 Å². The van der Waals surface area contributed by atoms with Crippen molar-refractivity contribution in [2.24, 2.45) is 5.41 Å². The second-order valence-electron chi connectivity index (χ2n) is 9.26. The normalized spacial score (nSPS) is 28.7. The van der Waals surface area contributed by atoms with Crippen LogP contribution < -0.4 is 5.32 Å². The van der Waals surface area contributed by atoms with Crippen molar-refractivity contribution in [2.75, 3.05) is 12.9 Å². The largest absolute Gasteiger partial charge is 0.463 e. The number of nitrogens with one attached hydrogen (secondary N) is 1. The van der Waals surface area contributed by atoms with Crippen molar-refractivity contribution in [1.82, 2.24) is 5.32 Å². The summed E-state index contributed by atoms with van der Waals surface area (Å²) in [4.78, 5) is 60.7. The van der Waals surface area contributed by atoms with E-state index < -0.39 is 53.1 Å². The summed E-state index contributed by atoms with van der Waals surface area (Å²) in [5.74, 6) is -2.35. The topological polar surface area (TPSA) is 134 Å². The van der Waals surface area contributed by atoms with E-state index in [9.17, 15) is 24.0 Å². The molecule has 11 heteroatoms. The van der Waals surface area contributed by atoms with E-state index in [0.29, 0.717) is 5.70 Å². The maximum absolute atomic E-state index is 12.8. The van der Waals surface area contributed by atoms with Crippen molar-refractivity contribution in [3.63, 3.8) is 0 Å². The Morgan fingerprint density at radius 3 is 1.97 bits per heavy atom. The SMILES string of the molecule is CS[C@@H]1O[C@H](COC(C)=O)[C@@H](OC(C)=O)[C@H](OC(C)=O)[C@H]1NC(C)=C1C(=O)CC(C)(C)CC1=O. The fourth-order valence-corrected chi connectivity index (χ4v) is 5.03. The van der Waals surface area contributed by atoms with Gasteiger partial charge in [0.1, 0.15) is 24.2 Å². The maximum Gasteiger partial charge on any atom is 0.303 e. The Morgan fingerprint density at radius 1 is 0.971 bits per heavy atom. The van der Waals surface area contributed by atoms with Crippen molar-refractivity contribution < 1.29 is 42.9 Å². The summed E-state index contributed by atoms with van der Waals surface area (Å²) < 4.78 is 22.1. The summed E-state index contributed by atoms with van der Waals surface area (Å²) >= 11 is 1.28. The number of ketones is 2. The second kappa shape index (κ2) is 11.4. The minimum atomic E-state index is -1.10. The molecule has 2 aliphatic rings. The van der Waals surface area contributed by atoms with Gasteiger partial charge < -0.3 is 24.3 Å². The Hall–Kier alpha value is -2.40. The van der Waals surface area contributed by atoms with Crippen LogP contribution in [0.4, 0.5) is 0 Å². The zero-order valence-electron chi connectivity index (χ0n) is 20.6. The molecule has 0 amide bonds. The molecule has 0 spiro atoms. The first-order chi connectivity index (χ1) is 15.8. The van der Waals surface area contributed by atoms with Crippen molar-refractivity contribution >= 4 is 41.2 Å². The van der Waals surface area contributed by atoms with Gasteiger partial charge in [-0.2, -0.15) is 0 Å². The minimum Gasteiger partial charge on any atom is -0.463 e. The van der Waals surface area contributed by atoms with Crippen LogP contribution in [0.5, 0.6) is 0 Å². The molecule has 5 atom stereocenters. The molecule has 1 N–H and O–H groups in total. The van der Waals surface area contributed by atoms with Crippen LogP contribution >= 0.6 is 11.8 Å². The number of hydrogen-bond acceptors (Lipinski definition) is 11. The summed E-state index contributed by atoms with van der Waals surface area (Å²) in [6, 6.07) is -0.778. The van der Waals surface area contributed by atoms with Crippen LogP contribution in [-0.2, 0) is 42.9 Å². The highest BCUT2D eigenvalue weighted by Crippen LogP contribution is 2.36. The third kappa shape index (κ3) is 7.05. The van der Waals surface area contributed by atoms with Gasteiger partial charge in [-0.05, 0) is 18.6 Å². The van der Waals surface area contributed by atoms with Crippen molar-refractivity contribution in [3.05, 3.63) is 11.3 Å². The predicted molar refractivity (Wildman–Crippen MR) is 123 cm³/mol. The van der Waals surface area contributed by atoms with Crippen molar-refractivity contribution in [1.29, 1.82) is 0 Å². The second-order valence-corrected chi connectivity index (χ2v) is 10.2. The Balaban J connectivity index is 2.45. The molecule has 1 saturated heterocycles. The molecule has 0 radical (unpaired) electrons. The Kier molecular flexibility index (Phi) is 9.29. The molecule has 34 heavy (non-hydrogen) atoms. The van der Waals surface area contributed by atoms with Gasteiger partial charge in [0.05, 0.1) is 5.57 Å². The molecule has 1 saturated carbocycles. The summed E-state index contributed by atoms with van der Waals surface area (Å²) in [6.45, 7) is 8.77. The van der Waals surface area contributed by atoms with Gasteiger partial charge in [0, 0.05) is 39.3 Å². The Bertz CT molecular complexity index is 860. The zero-order valence-corrected chi connectivity index (χ0v) is 21.4. The molecule has 190 valence electrons. The number of thioether (sulfide) groups is 1. The molecule has 0 bridgehead atoms. The third-order valence-corrected chi connectivity index (χ3v) is 6.40. The monoisotopic (exact) mass is 499 g/mol. The fraction of sp³-hybridized carbons (Fsp3) is 0.696. The van der Waals surface area contributed by atoms with Crippen LogP contribution in [0.25, 0.3) is 0 Å². The molecule has 1 aliphatic carbocycles. The van der Waals surface area contributed by atoms with Crippen LogP contribution in [0.2, 0.25) is 0 Å². The first-order valence-electron chi connectivity index (χ1n) is 11.0. The molecule has 0 aromatic rings. The number of Topliss-reactive ketones (excluding diaryl/α,β-unsaturated/α-hetero) is 2. The van der Waals surface area contributed by atoms with E-state index in [2.05, 4.69) is 5.32 Å². The predicted octanol–water partition coefficient (Wildman–Crippen LogP) is 1.69. The third-order valence-electron chi connectivity index (χ3n) is 5.53. The van der Waals surface area contributed by atoms with Gasteiger partial charge in [-0.1, -0.05) is 13.8 Å². The van der Waals surface area contributed by atoms with E-state index in [-0.39, 0.29) is 36.6 Å². The smallest absolute Gasteiger partial charge is 0.303 e. The van der Waals surface area contributed by atoms with Crippen LogP contribution in [-0.4, -0.2) is 72.1 Å². The van der Waals surface area contributed by atoms with Crippen LogP contribution in [0.15, 0.2) is 11.3 Å². The van der Waals surface area contributed by atoms with E-state index in [4.69, 9.17) is 18.9 Å². The quantitative estimate of drug-likeness (QED) is 0.237. The van der Waals surface area contributed by atoms with Crippen LogP contribution in [0.1, 0.15) is 54.4 Å². The van der Waals surface area contributed by atoms with Gasteiger partial charge in [0.15, 0.2) is 23.8 Å². The van der Waals surface area contributed by atoms with E-state index >= 15 is 0 Å². The lowest BCUT2D eigenvalue weighted by molar-refractivity contribution is -0.211. The van der Waals surface area contributed by atoms with Gasteiger partial charge in [-0.25, -0.2) is 0 Å². The fourth-order valence-electron chi connectivity index (χ4n) is 4.26. The molecule has 1 aliphatic heterocycles. The highest BCUT2D eigenvalue weighted by Gasteiger charge is 2.50. The summed E-state index contributed by atoms with van der Waals surface area (Å²) in [5, 5.41) is 3.14. The van der Waals surface area contributed by atoms with Crippen molar-refractivity contribution in [3.8, 4) is 0 Å². The average molecular weight is 500 g/mol. The molecule has 2 rings (SSSR count). The van der Waals surface area contributed by atoms with Gasteiger partial charge in [0.2, 0.25) is 0 Å². The van der Waals surface area contributed by atoms with Crippen LogP contribution in [0, 0.1) is 5.41 Å². The molecule has 1 heterocycles. The number of carbonyl (C=O) groups is 5. The summed E-state index contributed by atoms with van der Waals surface area (Å²) in [6.07, 6.45) is -0.826. The van der Waals surface area contributed by atoms with E-state index in [1.165, 1.54) is 32.5 Å². The van der Waals surface area contributed by atoms with Gasteiger partial charge in [-0.15, -0.1) is 11.8 Å². The lowest BCUT2D eigenvalue weighted by Gasteiger charge is -2.45. The molecule has 2 fully saturated rings. The van der Waals surface area contributed by atoms with Crippen molar-refractivity contribution in [2.45, 2.75) is 84.2 Å². The average Bonchev–Trinajstić information content (AvgIpc) is 2.67. The van der Waals surface area contributed by atoms with Gasteiger partial charge >= 0.3 is 17.9 Å². The molecular formula is C23H33NO9S. The van der Waals surface area contributed by atoms with Gasteiger partial charge in [0.25, 0.3) is 0 Å². The molecule has 0 aromatic heterocycles. The summed E-state index contributed by atoms with van der Waals surface area (Å²) in [5.41, 5.74) is -0.669. The molecular weight excluding hydrogens is 466 g/mol. The lowest BCUT2D eigenvalue weighted by Crippen LogP contribution is -2.64. The highest BCUT2D eigenvalue weighted by atomic mass is 32.2. The number of carbonyl (C=O) groups excluding carboxylic acids is 5. The number of esters is 3. The van der Waals surface area contributed by atoms with E-state index in [1.807, 2.05) is 13.8 Å². The number of hydrogen-bond donors (Lipinski definition) is 1. The first-order valence-corrected chi connectivity index (χ1v) is 12.2. The zero-order chi connectivity index (χ0) is 25.8. The molecule has 0 unspecified atom stereocenters. The minimum absolute atomic E-state index is 0.0758. The first kappa shape index (κ1) is 27.8. The maximum atomic E-state index is 12.8. The molecule has 10 nitrogen and oxygen atoms in total. The van der Waals surface area contributed by atoms with Gasteiger partial charge in [-0.3, -0.25) is 24.0 Å². The van der Waals surface area contributed by atoms with E-state index in [1.54, 1.807) is 13.2 Å². The van der Waals surface area contributed by atoms with Crippen LogP contribution in [0.3, 0.4) is 0 Å². The molecule has 0 aromatic carbocycles. The number of ether oxygens (including phenoxy) is 4.